The minimum absolute atomic E-state index is 0.851. The van der Waals surface area contributed by atoms with Gasteiger partial charge in [-0.2, -0.15) is 0 Å². The van der Waals surface area contributed by atoms with E-state index in [4.69, 9.17) is 0 Å². The summed E-state index contributed by atoms with van der Waals surface area (Å²) in [6.07, 6.45) is 2.77. The molecule has 0 spiro atoms. The van der Waals surface area contributed by atoms with Crippen LogP contribution in [0, 0.1) is 13.0 Å². The Bertz CT molecular complexity index is 289. The summed E-state index contributed by atoms with van der Waals surface area (Å²) in [5.74, 6) is 0. The van der Waals surface area contributed by atoms with Crippen LogP contribution in [0.5, 0.6) is 0 Å². The van der Waals surface area contributed by atoms with E-state index in [1.807, 2.05) is 6.07 Å². The first kappa shape index (κ1) is 8.76. The Morgan fingerprint density at radius 3 is 2.92 bits per heavy atom. The highest BCUT2D eigenvalue weighted by Crippen LogP contribution is 2.26. The Kier molecular flexibility index (Phi) is 2.36. The van der Waals surface area contributed by atoms with Crippen molar-refractivity contribution in [3.63, 3.8) is 0 Å². The lowest BCUT2D eigenvalue weighted by Crippen LogP contribution is -2.20. The zero-order chi connectivity index (χ0) is 9.26. The third kappa shape index (κ3) is 2.10. The second-order valence-electron chi connectivity index (χ2n) is 4.00. The smallest absolute Gasteiger partial charge is 0.0236 e. The van der Waals surface area contributed by atoms with Crippen LogP contribution in [-0.2, 0) is 6.54 Å². The van der Waals surface area contributed by atoms with Crippen LogP contribution in [0.3, 0.4) is 0 Å². The number of rotatable bonds is 3. The molecule has 0 aromatic heterocycles. The average Bonchev–Trinajstić information content (AvgIpc) is 2.91. The minimum Gasteiger partial charge on any atom is -0.299 e. The first-order valence-electron chi connectivity index (χ1n) is 4.93. The summed E-state index contributed by atoms with van der Waals surface area (Å²) in [4.78, 5) is 2.45. The Morgan fingerprint density at radius 1 is 1.54 bits per heavy atom. The molecular weight excluding hydrogens is 158 g/mol. The molecule has 1 fully saturated rings. The van der Waals surface area contributed by atoms with Crippen molar-refractivity contribution in [1.29, 1.82) is 0 Å². The van der Waals surface area contributed by atoms with Gasteiger partial charge in [0.05, 0.1) is 0 Å². The van der Waals surface area contributed by atoms with Gasteiger partial charge in [0.15, 0.2) is 0 Å². The van der Waals surface area contributed by atoms with Gasteiger partial charge in [0.1, 0.15) is 0 Å². The SMILES string of the molecule is Cc1c[c]ccc1CN(C)C1CC1. The predicted octanol–water partition coefficient (Wildman–Crippen LogP) is 2.39. The molecule has 1 heteroatoms. The summed E-state index contributed by atoms with van der Waals surface area (Å²) in [7, 11) is 2.22. The maximum atomic E-state index is 3.10. The lowest BCUT2D eigenvalue weighted by Gasteiger charge is -2.16. The van der Waals surface area contributed by atoms with E-state index in [1.54, 1.807) is 0 Å². The summed E-state index contributed by atoms with van der Waals surface area (Å²) >= 11 is 0. The molecule has 69 valence electrons. The van der Waals surface area contributed by atoms with Gasteiger partial charge in [0.2, 0.25) is 0 Å². The topological polar surface area (TPSA) is 3.24 Å². The molecule has 1 saturated carbocycles. The molecule has 1 aliphatic rings. The van der Waals surface area contributed by atoms with Crippen molar-refractivity contribution in [3.8, 4) is 0 Å². The summed E-state index contributed by atoms with van der Waals surface area (Å²) in [5, 5.41) is 0. The Hall–Kier alpha value is -0.820. The van der Waals surface area contributed by atoms with Crippen LogP contribution in [0.15, 0.2) is 18.2 Å². The number of aryl methyl sites for hydroxylation is 1. The molecule has 0 atom stereocenters. The van der Waals surface area contributed by atoms with Crippen molar-refractivity contribution in [2.24, 2.45) is 0 Å². The molecule has 13 heavy (non-hydrogen) atoms. The van der Waals surface area contributed by atoms with Crippen molar-refractivity contribution in [3.05, 3.63) is 35.4 Å². The molecule has 0 unspecified atom stereocenters. The van der Waals surface area contributed by atoms with Crippen molar-refractivity contribution < 1.29 is 0 Å². The largest absolute Gasteiger partial charge is 0.299 e. The molecule has 0 saturated heterocycles. The average molecular weight is 174 g/mol. The molecule has 0 amide bonds. The Balaban J connectivity index is 2.03. The van der Waals surface area contributed by atoms with Crippen LogP contribution >= 0.6 is 0 Å². The van der Waals surface area contributed by atoms with E-state index in [0.717, 1.165) is 12.6 Å². The monoisotopic (exact) mass is 174 g/mol. The van der Waals surface area contributed by atoms with Crippen molar-refractivity contribution in [1.82, 2.24) is 4.90 Å². The fourth-order valence-corrected chi connectivity index (χ4v) is 1.64. The van der Waals surface area contributed by atoms with E-state index < -0.39 is 0 Å². The quantitative estimate of drug-likeness (QED) is 0.680. The maximum absolute atomic E-state index is 3.10. The van der Waals surface area contributed by atoms with Gasteiger partial charge in [-0.15, -0.1) is 0 Å². The second kappa shape index (κ2) is 3.51. The van der Waals surface area contributed by atoms with Crippen LogP contribution in [0.2, 0.25) is 0 Å². The molecular formula is C12H16N. The summed E-state index contributed by atoms with van der Waals surface area (Å²) in [5.41, 5.74) is 2.79. The molecule has 0 heterocycles. The lowest BCUT2D eigenvalue weighted by molar-refractivity contribution is 0.316. The summed E-state index contributed by atoms with van der Waals surface area (Å²) < 4.78 is 0. The normalized spacial score (nSPS) is 16.5. The van der Waals surface area contributed by atoms with Gasteiger partial charge >= 0.3 is 0 Å². The molecule has 1 radical (unpaired) electrons. The molecule has 0 N–H and O–H groups in total. The standard InChI is InChI=1S/C12H16N/c1-10-5-3-4-6-11(10)9-13(2)12-7-8-12/h4-6,12H,7-9H2,1-2H3. The van der Waals surface area contributed by atoms with Gasteiger partial charge in [0.25, 0.3) is 0 Å². The van der Waals surface area contributed by atoms with E-state index >= 15 is 0 Å². The van der Waals surface area contributed by atoms with Crippen LogP contribution in [0.25, 0.3) is 0 Å². The summed E-state index contributed by atoms with van der Waals surface area (Å²) in [6, 6.07) is 10.2. The van der Waals surface area contributed by atoms with Gasteiger partial charge < -0.3 is 0 Å². The fraction of sp³-hybridized carbons (Fsp3) is 0.500. The highest BCUT2D eigenvalue weighted by Gasteiger charge is 2.25. The number of hydrogen-bond acceptors (Lipinski definition) is 1. The second-order valence-corrected chi connectivity index (χ2v) is 4.00. The first-order chi connectivity index (χ1) is 6.27. The van der Waals surface area contributed by atoms with Crippen molar-refractivity contribution in [2.75, 3.05) is 7.05 Å². The lowest BCUT2D eigenvalue weighted by atomic mass is 10.1. The molecule has 1 aromatic carbocycles. The van der Waals surface area contributed by atoms with Crippen LogP contribution in [0.4, 0.5) is 0 Å². The molecule has 0 bridgehead atoms. The van der Waals surface area contributed by atoms with Crippen molar-refractivity contribution >= 4 is 0 Å². The van der Waals surface area contributed by atoms with Gasteiger partial charge in [-0.1, -0.05) is 18.2 Å². The van der Waals surface area contributed by atoms with Gasteiger partial charge in [-0.25, -0.2) is 0 Å². The van der Waals surface area contributed by atoms with E-state index in [9.17, 15) is 0 Å². The van der Waals surface area contributed by atoms with E-state index in [-0.39, 0.29) is 0 Å². The van der Waals surface area contributed by atoms with Crippen LogP contribution in [-0.4, -0.2) is 18.0 Å². The Morgan fingerprint density at radius 2 is 2.31 bits per heavy atom. The van der Waals surface area contributed by atoms with E-state index in [2.05, 4.69) is 37.1 Å². The van der Waals surface area contributed by atoms with Gasteiger partial charge in [-0.05, 0) is 44.0 Å². The molecule has 1 aliphatic carbocycles. The molecule has 2 rings (SSSR count). The highest BCUT2D eigenvalue weighted by atomic mass is 15.1. The number of benzene rings is 1. The minimum atomic E-state index is 0.851. The third-order valence-electron chi connectivity index (χ3n) is 2.78. The molecule has 1 nitrogen and oxygen atoms in total. The number of nitrogens with zero attached hydrogens (tertiary/aromatic N) is 1. The Labute approximate surface area is 80.4 Å². The van der Waals surface area contributed by atoms with Gasteiger partial charge in [0, 0.05) is 12.6 Å². The zero-order valence-corrected chi connectivity index (χ0v) is 8.38. The first-order valence-corrected chi connectivity index (χ1v) is 4.93. The zero-order valence-electron chi connectivity index (χ0n) is 8.38. The summed E-state index contributed by atoms with van der Waals surface area (Å²) in [6.45, 7) is 3.25. The number of hydrogen-bond donors (Lipinski definition) is 0. The fourth-order valence-electron chi connectivity index (χ4n) is 1.64. The molecule has 1 aromatic rings. The molecule has 0 aliphatic heterocycles. The van der Waals surface area contributed by atoms with Crippen molar-refractivity contribution in [2.45, 2.75) is 32.4 Å². The van der Waals surface area contributed by atoms with Gasteiger partial charge in [-0.3, -0.25) is 4.90 Å². The van der Waals surface area contributed by atoms with E-state index in [1.165, 1.54) is 24.0 Å². The highest BCUT2D eigenvalue weighted by molar-refractivity contribution is 5.24. The maximum Gasteiger partial charge on any atom is 0.0236 e. The van der Waals surface area contributed by atoms with Crippen LogP contribution in [0.1, 0.15) is 24.0 Å². The predicted molar refractivity (Wildman–Crippen MR) is 54.5 cm³/mol. The van der Waals surface area contributed by atoms with E-state index in [0.29, 0.717) is 0 Å². The van der Waals surface area contributed by atoms with Crippen LogP contribution < -0.4 is 0 Å². The third-order valence-corrected chi connectivity index (χ3v) is 2.78.